The van der Waals surface area contributed by atoms with E-state index in [-0.39, 0.29) is 29.1 Å². The van der Waals surface area contributed by atoms with Crippen molar-refractivity contribution in [1.82, 2.24) is 4.90 Å². The van der Waals surface area contributed by atoms with E-state index < -0.39 is 5.91 Å². The Morgan fingerprint density at radius 1 is 1.39 bits per heavy atom. The van der Waals surface area contributed by atoms with E-state index in [1.165, 1.54) is 4.90 Å². The van der Waals surface area contributed by atoms with E-state index in [4.69, 9.17) is 23.1 Å². The molecule has 0 radical (unpaired) electrons. The normalized spacial score (nSPS) is 10.4. The van der Waals surface area contributed by atoms with E-state index in [0.717, 1.165) is 0 Å². The van der Waals surface area contributed by atoms with Gasteiger partial charge in [-0.2, -0.15) is 0 Å². The van der Waals surface area contributed by atoms with Crippen molar-refractivity contribution in [3.05, 3.63) is 28.8 Å². The summed E-state index contributed by atoms with van der Waals surface area (Å²) >= 11 is 5.98. The Hall–Kier alpha value is -1.75. The van der Waals surface area contributed by atoms with Crippen LogP contribution in [0.25, 0.3) is 0 Å². The highest BCUT2D eigenvalue weighted by Gasteiger charge is 2.22. The Balaban J connectivity index is 3.10. The number of primary amides is 1. The van der Waals surface area contributed by atoms with Gasteiger partial charge in [0.15, 0.2) is 0 Å². The number of carbonyl (C=O) groups is 2. The van der Waals surface area contributed by atoms with Crippen LogP contribution in [0.2, 0.25) is 5.02 Å². The largest absolute Gasteiger partial charge is 0.398 e. The lowest BCUT2D eigenvalue weighted by Crippen LogP contribution is -2.42. The van der Waals surface area contributed by atoms with E-state index in [0.29, 0.717) is 5.69 Å². The summed E-state index contributed by atoms with van der Waals surface area (Å²) in [5.41, 5.74) is 11.4. The molecule has 0 atom stereocenters. The van der Waals surface area contributed by atoms with Gasteiger partial charge in [0, 0.05) is 6.04 Å². The number of carbonyl (C=O) groups excluding carboxylic acids is 2. The maximum Gasteiger partial charge on any atom is 0.256 e. The number of hydrogen-bond acceptors (Lipinski definition) is 3. The van der Waals surface area contributed by atoms with E-state index in [1.54, 1.807) is 32.0 Å². The molecule has 4 N–H and O–H groups in total. The smallest absolute Gasteiger partial charge is 0.256 e. The fourth-order valence-corrected chi connectivity index (χ4v) is 1.73. The van der Waals surface area contributed by atoms with Crippen molar-refractivity contribution in [2.75, 3.05) is 12.3 Å². The van der Waals surface area contributed by atoms with Crippen molar-refractivity contribution in [3.8, 4) is 0 Å². The number of halogens is 1. The predicted octanol–water partition coefficient (Wildman–Crippen LogP) is 1.26. The number of amides is 2. The molecular weight excluding hydrogens is 254 g/mol. The monoisotopic (exact) mass is 269 g/mol. The molecule has 0 spiro atoms. The second-order valence-corrected chi connectivity index (χ2v) is 4.58. The van der Waals surface area contributed by atoms with Crippen LogP contribution in [0.1, 0.15) is 24.2 Å². The number of rotatable bonds is 4. The van der Waals surface area contributed by atoms with Crippen molar-refractivity contribution in [2.45, 2.75) is 19.9 Å². The van der Waals surface area contributed by atoms with Gasteiger partial charge in [0.05, 0.1) is 22.8 Å². The zero-order valence-electron chi connectivity index (χ0n) is 10.3. The Morgan fingerprint density at radius 2 is 2.00 bits per heavy atom. The third kappa shape index (κ3) is 3.13. The van der Waals surface area contributed by atoms with Crippen LogP contribution in [-0.2, 0) is 4.79 Å². The molecule has 1 aromatic carbocycles. The van der Waals surface area contributed by atoms with Crippen LogP contribution in [0.5, 0.6) is 0 Å². The first-order valence-corrected chi connectivity index (χ1v) is 5.85. The van der Waals surface area contributed by atoms with E-state index in [9.17, 15) is 9.59 Å². The number of benzene rings is 1. The SMILES string of the molecule is CC(C)N(CC(N)=O)C(=O)c1cccc(N)c1Cl. The molecule has 6 heteroatoms. The highest BCUT2D eigenvalue weighted by Crippen LogP contribution is 2.24. The van der Waals surface area contributed by atoms with Crippen molar-refractivity contribution in [3.63, 3.8) is 0 Å². The van der Waals surface area contributed by atoms with Gasteiger partial charge in [-0.3, -0.25) is 9.59 Å². The van der Waals surface area contributed by atoms with E-state index >= 15 is 0 Å². The summed E-state index contributed by atoms with van der Waals surface area (Å²) in [4.78, 5) is 24.6. The van der Waals surface area contributed by atoms with Gasteiger partial charge in [0.25, 0.3) is 5.91 Å². The van der Waals surface area contributed by atoms with Gasteiger partial charge in [0.2, 0.25) is 5.91 Å². The Bertz CT molecular complexity index is 474. The van der Waals surface area contributed by atoms with E-state index in [2.05, 4.69) is 0 Å². The minimum Gasteiger partial charge on any atom is -0.398 e. The predicted molar refractivity (Wildman–Crippen MR) is 71.2 cm³/mol. The Kier molecular flexibility index (Phi) is 4.55. The van der Waals surface area contributed by atoms with Crippen LogP contribution in [0.3, 0.4) is 0 Å². The first-order chi connectivity index (χ1) is 8.34. The maximum atomic E-state index is 12.3. The zero-order valence-corrected chi connectivity index (χ0v) is 11.1. The van der Waals surface area contributed by atoms with Crippen LogP contribution < -0.4 is 11.5 Å². The zero-order chi connectivity index (χ0) is 13.9. The molecule has 0 aromatic heterocycles. The topological polar surface area (TPSA) is 89.4 Å². The second-order valence-electron chi connectivity index (χ2n) is 4.20. The molecule has 18 heavy (non-hydrogen) atoms. The molecule has 1 aromatic rings. The molecule has 0 bridgehead atoms. The Morgan fingerprint density at radius 3 is 2.50 bits per heavy atom. The summed E-state index contributed by atoms with van der Waals surface area (Å²) in [6.45, 7) is 3.43. The molecule has 0 fully saturated rings. The Labute approximate surface area is 111 Å². The summed E-state index contributed by atoms with van der Waals surface area (Å²) < 4.78 is 0. The van der Waals surface area contributed by atoms with Crippen LogP contribution in [0, 0.1) is 0 Å². The summed E-state index contributed by atoms with van der Waals surface area (Å²) in [6.07, 6.45) is 0. The quantitative estimate of drug-likeness (QED) is 0.807. The standard InChI is InChI=1S/C12H16ClN3O2/c1-7(2)16(6-10(15)17)12(18)8-4-3-5-9(14)11(8)13/h3-5,7H,6,14H2,1-2H3,(H2,15,17). The third-order valence-electron chi connectivity index (χ3n) is 2.47. The van der Waals surface area contributed by atoms with Crippen LogP contribution in [-0.4, -0.2) is 29.3 Å². The molecule has 0 aliphatic carbocycles. The summed E-state index contributed by atoms with van der Waals surface area (Å²) in [5, 5.41) is 0.192. The molecule has 0 unspecified atom stereocenters. The molecule has 2 amide bonds. The number of hydrogen-bond donors (Lipinski definition) is 2. The minimum atomic E-state index is -0.572. The minimum absolute atomic E-state index is 0.151. The molecule has 0 aliphatic rings. The lowest BCUT2D eigenvalue weighted by Gasteiger charge is -2.25. The lowest BCUT2D eigenvalue weighted by molar-refractivity contribution is -0.119. The van der Waals surface area contributed by atoms with Crippen molar-refractivity contribution >= 4 is 29.1 Å². The highest BCUT2D eigenvalue weighted by atomic mass is 35.5. The first kappa shape index (κ1) is 14.3. The summed E-state index contributed by atoms with van der Waals surface area (Å²) in [5.74, 6) is -0.932. The number of nitrogens with two attached hydrogens (primary N) is 2. The molecule has 0 saturated heterocycles. The van der Waals surface area contributed by atoms with Gasteiger partial charge >= 0.3 is 0 Å². The van der Waals surface area contributed by atoms with Gasteiger partial charge in [-0.25, -0.2) is 0 Å². The molecule has 98 valence electrons. The van der Waals surface area contributed by atoms with E-state index in [1.807, 2.05) is 0 Å². The average Bonchev–Trinajstić information content (AvgIpc) is 2.28. The molecule has 1 rings (SSSR count). The van der Waals surface area contributed by atoms with Crippen molar-refractivity contribution in [1.29, 1.82) is 0 Å². The number of anilines is 1. The molecule has 0 heterocycles. The van der Waals surface area contributed by atoms with Crippen molar-refractivity contribution in [2.24, 2.45) is 5.73 Å². The number of nitrogen functional groups attached to an aromatic ring is 1. The van der Waals surface area contributed by atoms with Crippen molar-refractivity contribution < 1.29 is 9.59 Å². The number of nitrogens with zero attached hydrogens (tertiary/aromatic N) is 1. The van der Waals surface area contributed by atoms with Crippen LogP contribution in [0.15, 0.2) is 18.2 Å². The molecule has 0 saturated carbocycles. The maximum absolute atomic E-state index is 12.3. The molecule has 0 aliphatic heterocycles. The summed E-state index contributed by atoms with van der Waals surface area (Å²) in [7, 11) is 0. The summed E-state index contributed by atoms with van der Waals surface area (Å²) in [6, 6.07) is 4.64. The van der Waals surface area contributed by atoms with Gasteiger partial charge in [0.1, 0.15) is 0 Å². The van der Waals surface area contributed by atoms with Crippen LogP contribution in [0.4, 0.5) is 5.69 Å². The lowest BCUT2D eigenvalue weighted by atomic mass is 10.1. The fourth-order valence-electron chi connectivity index (χ4n) is 1.53. The highest BCUT2D eigenvalue weighted by molar-refractivity contribution is 6.36. The average molecular weight is 270 g/mol. The molecule has 5 nitrogen and oxygen atoms in total. The van der Waals surface area contributed by atoms with Gasteiger partial charge in [-0.05, 0) is 26.0 Å². The fraction of sp³-hybridized carbons (Fsp3) is 0.333. The van der Waals surface area contributed by atoms with Gasteiger partial charge in [-0.15, -0.1) is 0 Å². The molecular formula is C12H16ClN3O2. The van der Waals surface area contributed by atoms with Gasteiger partial charge in [-0.1, -0.05) is 17.7 Å². The third-order valence-corrected chi connectivity index (χ3v) is 2.89. The van der Waals surface area contributed by atoms with Crippen LogP contribution >= 0.6 is 11.6 Å². The first-order valence-electron chi connectivity index (χ1n) is 5.47. The second kappa shape index (κ2) is 5.73. The van der Waals surface area contributed by atoms with Gasteiger partial charge < -0.3 is 16.4 Å².